The summed E-state index contributed by atoms with van der Waals surface area (Å²) < 4.78 is 23.5. The number of rotatable bonds is 8. The fourth-order valence-electron chi connectivity index (χ4n) is 2.74. The van der Waals surface area contributed by atoms with Crippen LogP contribution >= 0.6 is 0 Å². The second kappa shape index (κ2) is 9.99. The van der Waals surface area contributed by atoms with E-state index in [1.165, 1.54) is 19.2 Å². The van der Waals surface area contributed by atoms with Crippen LogP contribution in [0.25, 0.3) is 0 Å². The number of carbonyl (C=O) groups is 2. The van der Waals surface area contributed by atoms with Gasteiger partial charge in [-0.1, -0.05) is 38.1 Å². The van der Waals surface area contributed by atoms with Gasteiger partial charge >= 0.3 is 5.97 Å². The van der Waals surface area contributed by atoms with E-state index in [2.05, 4.69) is 10.1 Å². The molecule has 5 nitrogen and oxygen atoms in total. The maximum absolute atomic E-state index is 13.0. The van der Waals surface area contributed by atoms with Gasteiger partial charge in [0.2, 0.25) is 5.91 Å². The highest BCUT2D eigenvalue weighted by atomic mass is 19.1. The van der Waals surface area contributed by atoms with Crippen molar-refractivity contribution in [2.75, 3.05) is 7.11 Å². The Labute approximate surface area is 164 Å². The molecule has 0 saturated carbocycles. The van der Waals surface area contributed by atoms with Crippen molar-refractivity contribution < 1.29 is 23.5 Å². The van der Waals surface area contributed by atoms with Gasteiger partial charge in [0.05, 0.1) is 25.3 Å². The number of nitrogens with one attached hydrogen (secondary N) is 1. The lowest BCUT2D eigenvalue weighted by atomic mass is 10.0. The Morgan fingerprint density at radius 2 is 1.61 bits per heavy atom. The van der Waals surface area contributed by atoms with Crippen LogP contribution in [0.3, 0.4) is 0 Å². The predicted octanol–water partition coefficient (Wildman–Crippen LogP) is 4.03. The van der Waals surface area contributed by atoms with E-state index in [0.29, 0.717) is 5.56 Å². The molecule has 1 N–H and O–H groups in total. The number of carbonyl (C=O) groups excluding carboxylic acids is 2. The Hall–Kier alpha value is -2.73. The van der Waals surface area contributed by atoms with E-state index in [0.717, 1.165) is 11.1 Å². The lowest BCUT2D eigenvalue weighted by Gasteiger charge is -2.23. The zero-order chi connectivity index (χ0) is 20.7. The summed E-state index contributed by atoms with van der Waals surface area (Å²) in [5.41, 5.74) is 2.11. The Bertz CT molecular complexity index is 787. The quantitative estimate of drug-likeness (QED) is 0.695. The van der Waals surface area contributed by atoms with Crippen molar-refractivity contribution in [2.24, 2.45) is 5.92 Å². The van der Waals surface area contributed by atoms with Crippen molar-refractivity contribution in [3.05, 3.63) is 71.0 Å². The lowest BCUT2D eigenvalue weighted by molar-refractivity contribution is -0.137. The van der Waals surface area contributed by atoms with Gasteiger partial charge in [0.1, 0.15) is 11.9 Å². The molecule has 6 heteroatoms. The van der Waals surface area contributed by atoms with Gasteiger partial charge in [-0.2, -0.15) is 0 Å². The van der Waals surface area contributed by atoms with Crippen molar-refractivity contribution in [3.8, 4) is 0 Å². The zero-order valence-corrected chi connectivity index (χ0v) is 16.6. The van der Waals surface area contributed by atoms with Crippen LogP contribution in [0.5, 0.6) is 0 Å². The molecular weight excluding hydrogens is 361 g/mol. The van der Waals surface area contributed by atoms with Gasteiger partial charge in [0.15, 0.2) is 0 Å². The van der Waals surface area contributed by atoms with Crippen LogP contribution in [-0.2, 0) is 20.9 Å². The predicted molar refractivity (Wildman–Crippen MR) is 104 cm³/mol. The number of methoxy groups -OCH3 is 1. The van der Waals surface area contributed by atoms with Gasteiger partial charge < -0.3 is 14.8 Å². The van der Waals surface area contributed by atoms with E-state index in [1.54, 1.807) is 36.4 Å². The summed E-state index contributed by atoms with van der Waals surface area (Å²) >= 11 is 0. The molecule has 0 aliphatic heterocycles. The van der Waals surface area contributed by atoms with Crippen LogP contribution in [0.1, 0.15) is 48.3 Å². The molecule has 1 unspecified atom stereocenters. The van der Waals surface area contributed by atoms with E-state index < -0.39 is 12.1 Å². The molecule has 0 spiro atoms. The average molecular weight is 387 g/mol. The summed E-state index contributed by atoms with van der Waals surface area (Å²) in [6.07, 6.45) is -0.637. The number of esters is 1. The third-order valence-electron chi connectivity index (χ3n) is 4.40. The Balaban J connectivity index is 1.98. The number of halogens is 1. The number of ether oxygens (including phenoxy) is 2. The van der Waals surface area contributed by atoms with Gasteiger partial charge in [0.25, 0.3) is 0 Å². The number of hydrogen-bond donors (Lipinski definition) is 1. The highest BCUT2D eigenvalue weighted by Gasteiger charge is 2.24. The van der Waals surface area contributed by atoms with Gasteiger partial charge in [-0.25, -0.2) is 9.18 Å². The topological polar surface area (TPSA) is 64.6 Å². The zero-order valence-electron chi connectivity index (χ0n) is 16.6. The van der Waals surface area contributed by atoms with Crippen LogP contribution in [-0.4, -0.2) is 25.1 Å². The largest absolute Gasteiger partial charge is 0.465 e. The van der Waals surface area contributed by atoms with Gasteiger partial charge in [0, 0.05) is 0 Å². The minimum absolute atomic E-state index is 0.0330. The van der Waals surface area contributed by atoms with Crippen LogP contribution in [0.4, 0.5) is 4.39 Å². The fourth-order valence-corrected chi connectivity index (χ4v) is 2.74. The van der Waals surface area contributed by atoms with E-state index in [1.807, 2.05) is 20.8 Å². The van der Waals surface area contributed by atoms with Crippen molar-refractivity contribution >= 4 is 11.9 Å². The van der Waals surface area contributed by atoms with Gasteiger partial charge in [-0.05, 0) is 48.2 Å². The molecule has 0 radical (unpaired) electrons. The molecule has 0 bridgehead atoms. The molecule has 0 heterocycles. The Kier molecular flexibility index (Phi) is 7.70. The van der Waals surface area contributed by atoms with Crippen molar-refractivity contribution in [1.82, 2.24) is 5.32 Å². The van der Waals surface area contributed by atoms with E-state index in [4.69, 9.17) is 4.74 Å². The fraction of sp³-hybridized carbons (Fsp3) is 0.364. The van der Waals surface area contributed by atoms with Crippen molar-refractivity contribution in [2.45, 2.75) is 39.5 Å². The first kappa shape index (κ1) is 21.6. The minimum atomic E-state index is -0.637. The maximum atomic E-state index is 13.0. The number of hydrogen-bond acceptors (Lipinski definition) is 4. The van der Waals surface area contributed by atoms with E-state index in [-0.39, 0.29) is 30.3 Å². The molecule has 2 aromatic carbocycles. The van der Waals surface area contributed by atoms with E-state index >= 15 is 0 Å². The standard InChI is InChI=1S/C22H26FNO4/c1-14(2)20(28-13-16-5-11-19(23)12-6-16)21(25)24-15(3)17-7-9-18(10-8-17)22(26)27-4/h5-12,14-15,20H,13H2,1-4H3,(H,24,25)/t15-,20?/m0/s1. The molecule has 0 aromatic heterocycles. The third kappa shape index (κ3) is 5.89. The maximum Gasteiger partial charge on any atom is 0.337 e. The Morgan fingerprint density at radius 3 is 2.14 bits per heavy atom. The van der Waals surface area contributed by atoms with Crippen LogP contribution < -0.4 is 5.32 Å². The summed E-state index contributed by atoms with van der Waals surface area (Å²) in [7, 11) is 1.33. The van der Waals surface area contributed by atoms with Crippen molar-refractivity contribution in [3.63, 3.8) is 0 Å². The monoisotopic (exact) mass is 387 g/mol. The summed E-state index contributed by atoms with van der Waals surface area (Å²) in [6, 6.07) is 12.6. The van der Waals surface area contributed by atoms with Crippen molar-refractivity contribution in [1.29, 1.82) is 0 Å². The molecule has 0 saturated heterocycles. The SMILES string of the molecule is COC(=O)c1ccc([C@H](C)NC(=O)C(OCc2ccc(F)cc2)C(C)C)cc1. The summed E-state index contributed by atoms with van der Waals surface area (Å²) in [4.78, 5) is 24.2. The Morgan fingerprint density at radius 1 is 1.00 bits per heavy atom. The highest BCUT2D eigenvalue weighted by Crippen LogP contribution is 2.17. The number of amides is 1. The van der Waals surface area contributed by atoms with Crippen LogP contribution in [0, 0.1) is 11.7 Å². The molecule has 0 fully saturated rings. The molecule has 0 aliphatic rings. The smallest absolute Gasteiger partial charge is 0.337 e. The summed E-state index contributed by atoms with van der Waals surface area (Å²) in [6.45, 7) is 5.90. The lowest BCUT2D eigenvalue weighted by Crippen LogP contribution is -2.40. The van der Waals surface area contributed by atoms with Crippen LogP contribution in [0.15, 0.2) is 48.5 Å². The molecular formula is C22H26FNO4. The molecule has 1 amide bonds. The second-order valence-electron chi connectivity index (χ2n) is 6.95. The second-order valence-corrected chi connectivity index (χ2v) is 6.95. The molecule has 150 valence electrons. The third-order valence-corrected chi connectivity index (χ3v) is 4.40. The minimum Gasteiger partial charge on any atom is -0.465 e. The summed E-state index contributed by atoms with van der Waals surface area (Å²) in [5.74, 6) is -0.970. The first-order valence-electron chi connectivity index (χ1n) is 9.16. The summed E-state index contributed by atoms with van der Waals surface area (Å²) in [5, 5.41) is 2.95. The molecule has 2 rings (SSSR count). The molecule has 0 aliphatic carbocycles. The van der Waals surface area contributed by atoms with Crippen LogP contribution in [0.2, 0.25) is 0 Å². The highest BCUT2D eigenvalue weighted by molar-refractivity contribution is 5.89. The average Bonchev–Trinajstić information content (AvgIpc) is 2.68. The first-order valence-corrected chi connectivity index (χ1v) is 9.16. The van der Waals surface area contributed by atoms with Gasteiger partial charge in [-0.15, -0.1) is 0 Å². The number of benzene rings is 2. The molecule has 2 aromatic rings. The molecule has 28 heavy (non-hydrogen) atoms. The normalized spacial score (nSPS) is 13.1. The first-order chi connectivity index (χ1) is 13.3. The molecule has 2 atom stereocenters. The van der Waals surface area contributed by atoms with E-state index in [9.17, 15) is 14.0 Å². The van der Waals surface area contributed by atoms with Gasteiger partial charge in [-0.3, -0.25) is 4.79 Å².